The van der Waals surface area contributed by atoms with E-state index in [0.717, 1.165) is 49.2 Å². The topological polar surface area (TPSA) is 116 Å². The molecule has 1 aliphatic carbocycles. The van der Waals surface area contributed by atoms with E-state index in [9.17, 15) is 14.7 Å². The standard InChI is InChI=1S/C29H35N5O3/c35-28(23-13-11-21(12-14-23)15-19-30-20-24-8-1-2-16-31-24)34-26(29(36)37)10-5-17-32-25-9-3-6-22-7-4-18-33-27(22)25/h1-2,4,7-8,11-14,16,18,25-26,30,32H,3,5-6,9-10,15,17,19-20H2,(H,34,35)(H,36,37)/t25?,26-/m0/s1. The van der Waals surface area contributed by atoms with Crippen LogP contribution in [0.1, 0.15) is 64.6 Å². The van der Waals surface area contributed by atoms with Crippen molar-refractivity contribution in [3.05, 3.63) is 95.1 Å². The summed E-state index contributed by atoms with van der Waals surface area (Å²) in [6.45, 7) is 2.17. The Labute approximate surface area is 217 Å². The highest BCUT2D eigenvalue weighted by molar-refractivity contribution is 5.96. The summed E-state index contributed by atoms with van der Waals surface area (Å²) in [4.78, 5) is 33.3. The largest absolute Gasteiger partial charge is 0.480 e. The summed E-state index contributed by atoms with van der Waals surface area (Å²) in [5, 5.41) is 19.2. The average Bonchev–Trinajstić information content (AvgIpc) is 2.93. The number of carbonyl (C=O) groups excluding carboxylic acids is 1. The lowest BCUT2D eigenvalue weighted by atomic mass is 9.92. The van der Waals surface area contributed by atoms with Crippen LogP contribution in [-0.2, 0) is 24.2 Å². The Balaban J connectivity index is 1.19. The van der Waals surface area contributed by atoms with Crippen LogP contribution in [0.5, 0.6) is 0 Å². The summed E-state index contributed by atoms with van der Waals surface area (Å²) in [6.07, 6.45) is 8.61. The summed E-state index contributed by atoms with van der Waals surface area (Å²) in [6, 6.07) is 16.5. The van der Waals surface area contributed by atoms with Crippen molar-refractivity contribution in [1.29, 1.82) is 0 Å². The predicted molar refractivity (Wildman–Crippen MR) is 142 cm³/mol. The molecule has 194 valence electrons. The van der Waals surface area contributed by atoms with Gasteiger partial charge in [-0.25, -0.2) is 4.79 Å². The molecule has 2 aromatic heterocycles. The molecule has 1 unspecified atom stereocenters. The molecule has 0 bridgehead atoms. The molecule has 0 saturated heterocycles. The molecule has 0 fully saturated rings. The maximum absolute atomic E-state index is 12.7. The van der Waals surface area contributed by atoms with Crippen molar-refractivity contribution < 1.29 is 14.7 Å². The molecule has 0 spiro atoms. The minimum Gasteiger partial charge on any atom is -0.480 e. The first kappa shape index (κ1) is 26.4. The smallest absolute Gasteiger partial charge is 0.326 e. The Morgan fingerprint density at radius 3 is 2.62 bits per heavy atom. The van der Waals surface area contributed by atoms with Crippen LogP contribution in [0.25, 0.3) is 0 Å². The zero-order valence-electron chi connectivity index (χ0n) is 21.0. The van der Waals surface area contributed by atoms with Gasteiger partial charge in [-0.2, -0.15) is 0 Å². The molecule has 4 N–H and O–H groups in total. The van der Waals surface area contributed by atoms with E-state index in [1.807, 2.05) is 42.6 Å². The molecule has 0 aliphatic heterocycles. The summed E-state index contributed by atoms with van der Waals surface area (Å²) in [5.41, 5.74) is 4.94. The molecule has 3 aromatic rings. The van der Waals surface area contributed by atoms with Gasteiger partial charge in [-0.15, -0.1) is 0 Å². The number of carboxylic acid groups (broad SMARTS) is 1. The van der Waals surface area contributed by atoms with Gasteiger partial charge in [-0.1, -0.05) is 24.3 Å². The Morgan fingerprint density at radius 2 is 1.84 bits per heavy atom. The minimum atomic E-state index is -1.02. The van der Waals surface area contributed by atoms with Gasteiger partial charge in [-0.05, 0) is 93.1 Å². The van der Waals surface area contributed by atoms with Crippen LogP contribution in [0.2, 0.25) is 0 Å². The number of rotatable bonds is 13. The van der Waals surface area contributed by atoms with Crippen molar-refractivity contribution in [3.8, 4) is 0 Å². The summed E-state index contributed by atoms with van der Waals surface area (Å²) < 4.78 is 0. The number of aromatic nitrogens is 2. The van der Waals surface area contributed by atoms with Gasteiger partial charge in [0, 0.05) is 30.5 Å². The fourth-order valence-electron chi connectivity index (χ4n) is 4.66. The fourth-order valence-corrected chi connectivity index (χ4v) is 4.66. The number of fused-ring (bicyclic) bond motifs is 1. The number of hydrogen-bond donors (Lipinski definition) is 4. The number of pyridine rings is 2. The highest BCUT2D eigenvalue weighted by atomic mass is 16.4. The molecule has 0 saturated carbocycles. The molecule has 1 aromatic carbocycles. The van der Waals surface area contributed by atoms with E-state index in [2.05, 4.69) is 32.0 Å². The molecule has 2 atom stereocenters. The van der Waals surface area contributed by atoms with Crippen molar-refractivity contribution in [1.82, 2.24) is 25.9 Å². The third-order valence-electron chi connectivity index (χ3n) is 6.70. The predicted octanol–water partition coefficient (Wildman–Crippen LogP) is 3.44. The second-order valence-electron chi connectivity index (χ2n) is 9.40. The number of hydrogen-bond acceptors (Lipinski definition) is 6. The first-order chi connectivity index (χ1) is 18.1. The third-order valence-corrected chi connectivity index (χ3v) is 6.70. The van der Waals surface area contributed by atoms with Crippen LogP contribution in [0.4, 0.5) is 0 Å². The summed E-state index contributed by atoms with van der Waals surface area (Å²) in [7, 11) is 0. The van der Waals surface area contributed by atoms with Crippen LogP contribution in [-0.4, -0.2) is 46.1 Å². The molecule has 1 aliphatic rings. The van der Waals surface area contributed by atoms with E-state index in [-0.39, 0.29) is 11.9 Å². The van der Waals surface area contributed by atoms with Gasteiger partial charge in [0.2, 0.25) is 0 Å². The first-order valence-corrected chi connectivity index (χ1v) is 13.0. The number of carboxylic acids is 1. The normalized spacial score (nSPS) is 15.5. The Hall–Kier alpha value is -3.62. The lowest BCUT2D eigenvalue weighted by molar-refractivity contribution is -0.139. The Kier molecular flexibility index (Phi) is 9.74. The maximum Gasteiger partial charge on any atom is 0.326 e. The van der Waals surface area contributed by atoms with E-state index in [0.29, 0.717) is 31.5 Å². The maximum atomic E-state index is 12.7. The number of amides is 1. The number of benzene rings is 1. The lowest BCUT2D eigenvalue weighted by Gasteiger charge is -2.25. The fraction of sp³-hybridized carbons (Fsp3) is 0.379. The summed E-state index contributed by atoms with van der Waals surface area (Å²) >= 11 is 0. The highest BCUT2D eigenvalue weighted by Gasteiger charge is 2.22. The number of nitrogens with zero attached hydrogens (tertiary/aromatic N) is 2. The number of carbonyl (C=O) groups is 2. The average molecular weight is 502 g/mol. The van der Waals surface area contributed by atoms with Gasteiger partial charge >= 0.3 is 5.97 Å². The molecule has 37 heavy (non-hydrogen) atoms. The molecule has 4 rings (SSSR count). The van der Waals surface area contributed by atoms with Crippen LogP contribution >= 0.6 is 0 Å². The van der Waals surface area contributed by atoms with Crippen LogP contribution in [0, 0.1) is 0 Å². The molecule has 2 heterocycles. The van der Waals surface area contributed by atoms with Crippen molar-refractivity contribution in [2.75, 3.05) is 13.1 Å². The SMILES string of the molecule is O=C(N[C@@H](CCCNC1CCCc2cccnc21)C(=O)O)c1ccc(CCNCc2ccccn2)cc1. The molecule has 8 nitrogen and oxygen atoms in total. The van der Waals surface area contributed by atoms with E-state index >= 15 is 0 Å². The quantitative estimate of drug-likeness (QED) is 0.265. The lowest BCUT2D eigenvalue weighted by Crippen LogP contribution is -2.41. The van der Waals surface area contributed by atoms with Gasteiger partial charge < -0.3 is 21.1 Å². The Bertz CT molecular complexity index is 1150. The highest BCUT2D eigenvalue weighted by Crippen LogP contribution is 2.27. The molecular weight excluding hydrogens is 466 g/mol. The van der Waals surface area contributed by atoms with Crippen molar-refractivity contribution in [2.24, 2.45) is 0 Å². The van der Waals surface area contributed by atoms with Crippen LogP contribution < -0.4 is 16.0 Å². The van der Waals surface area contributed by atoms with E-state index in [4.69, 9.17) is 0 Å². The van der Waals surface area contributed by atoms with E-state index < -0.39 is 12.0 Å². The monoisotopic (exact) mass is 501 g/mol. The Morgan fingerprint density at radius 1 is 1.00 bits per heavy atom. The second kappa shape index (κ2) is 13.6. The molecule has 1 amide bonds. The third kappa shape index (κ3) is 7.93. The molecule has 8 heteroatoms. The zero-order valence-corrected chi connectivity index (χ0v) is 21.0. The van der Waals surface area contributed by atoms with Gasteiger partial charge in [0.15, 0.2) is 0 Å². The zero-order chi connectivity index (χ0) is 25.9. The van der Waals surface area contributed by atoms with Gasteiger partial charge in [0.1, 0.15) is 6.04 Å². The van der Waals surface area contributed by atoms with Crippen molar-refractivity contribution >= 4 is 11.9 Å². The molecular formula is C29H35N5O3. The van der Waals surface area contributed by atoms with Crippen LogP contribution in [0.3, 0.4) is 0 Å². The summed E-state index contributed by atoms with van der Waals surface area (Å²) in [5.74, 6) is -1.39. The van der Waals surface area contributed by atoms with Crippen molar-refractivity contribution in [3.63, 3.8) is 0 Å². The number of aliphatic carboxylic acids is 1. The van der Waals surface area contributed by atoms with E-state index in [1.165, 1.54) is 5.56 Å². The van der Waals surface area contributed by atoms with Gasteiger partial charge in [-0.3, -0.25) is 14.8 Å². The molecule has 0 radical (unpaired) electrons. The van der Waals surface area contributed by atoms with Gasteiger partial charge in [0.05, 0.1) is 11.4 Å². The van der Waals surface area contributed by atoms with Crippen molar-refractivity contribution in [2.45, 2.75) is 57.2 Å². The second-order valence-corrected chi connectivity index (χ2v) is 9.40. The first-order valence-electron chi connectivity index (χ1n) is 13.0. The van der Waals surface area contributed by atoms with E-state index in [1.54, 1.807) is 18.3 Å². The minimum absolute atomic E-state index is 0.200. The van der Waals surface area contributed by atoms with Crippen LogP contribution in [0.15, 0.2) is 67.0 Å². The number of nitrogens with one attached hydrogen (secondary N) is 3. The number of aryl methyl sites for hydroxylation is 1. The van der Waals surface area contributed by atoms with Gasteiger partial charge in [0.25, 0.3) is 5.91 Å².